The summed E-state index contributed by atoms with van der Waals surface area (Å²) in [4.78, 5) is 35.2. The Morgan fingerprint density at radius 2 is 2.00 bits per heavy atom. The van der Waals surface area contributed by atoms with Gasteiger partial charge in [-0.1, -0.05) is 40.2 Å². The number of cyclic esters (lactones) is 1. The summed E-state index contributed by atoms with van der Waals surface area (Å²) in [6, 6.07) is 7.30. The molecule has 0 amide bonds. The number of allylic oxidation sites excluding steroid dienone is 3. The Kier molecular flexibility index (Phi) is 4.29. The summed E-state index contributed by atoms with van der Waals surface area (Å²) in [5.74, 6) is -3.13. The van der Waals surface area contributed by atoms with Gasteiger partial charge in [0.15, 0.2) is 17.5 Å². The normalized spacial score (nSPS) is 18.9. The summed E-state index contributed by atoms with van der Waals surface area (Å²) in [7, 11) is 0. The molecule has 20 heavy (non-hydrogen) atoms. The molecule has 1 aliphatic rings. The van der Waals surface area contributed by atoms with E-state index in [1.807, 2.05) is 18.2 Å². The Balaban J connectivity index is 2.19. The van der Waals surface area contributed by atoms with E-state index in [2.05, 4.69) is 15.9 Å². The van der Waals surface area contributed by atoms with Gasteiger partial charge < -0.3 is 4.74 Å². The van der Waals surface area contributed by atoms with Crippen molar-refractivity contribution in [3.05, 3.63) is 52.2 Å². The van der Waals surface area contributed by atoms with E-state index in [1.165, 1.54) is 13.0 Å². The van der Waals surface area contributed by atoms with Gasteiger partial charge >= 0.3 is 5.97 Å². The van der Waals surface area contributed by atoms with E-state index in [1.54, 1.807) is 12.1 Å². The highest BCUT2D eigenvalue weighted by atomic mass is 79.9. The lowest BCUT2D eigenvalue weighted by Gasteiger charge is -2.15. The predicted octanol–water partition coefficient (Wildman–Crippen LogP) is 2.68. The summed E-state index contributed by atoms with van der Waals surface area (Å²) < 4.78 is 5.62. The van der Waals surface area contributed by atoms with Gasteiger partial charge in [-0.15, -0.1) is 0 Å². The van der Waals surface area contributed by atoms with E-state index >= 15 is 0 Å². The molecule has 0 N–H and O–H groups in total. The third-order valence-electron chi connectivity index (χ3n) is 2.74. The van der Waals surface area contributed by atoms with Crippen LogP contribution in [0.1, 0.15) is 12.5 Å². The fraction of sp³-hybridized carbons (Fsp3) is 0.133. The molecule has 2 rings (SSSR count). The van der Waals surface area contributed by atoms with Gasteiger partial charge in [-0.05, 0) is 24.6 Å². The van der Waals surface area contributed by atoms with Crippen LogP contribution in [0.5, 0.6) is 0 Å². The number of rotatable bonds is 3. The maximum Gasteiger partial charge on any atom is 0.329 e. The molecule has 1 aliphatic heterocycles. The van der Waals surface area contributed by atoms with Crippen molar-refractivity contribution in [2.75, 3.05) is 0 Å². The summed E-state index contributed by atoms with van der Waals surface area (Å²) in [6.07, 6.45) is 3.94. The van der Waals surface area contributed by atoms with Crippen LogP contribution in [0.25, 0.3) is 6.08 Å². The van der Waals surface area contributed by atoms with Gasteiger partial charge in [0.05, 0.1) is 0 Å². The predicted molar refractivity (Wildman–Crippen MR) is 76.5 cm³/mol. The van der Waals surface area contributed by atoms with Crippen LogP contribution >= 0.6 is 15.9 Å². The second-order valence-corrected chi connectivity index (χ2v) is 5.12. The van der Waals surface area contributed by atoms with E-state index in [0.29, 0.717) is 0 Å². The zero-order valence-electron chi connectivity index (χ0n) is 10.6. The average Bonchev–Trinajstić information content (AvgIpc) is 2.36. The first-order valence-electron chi connectivity index (χ1n) is 5.89. The van der Waals surface area contributed by atoms with Crippen molar-refractivity contribution >= 4 is 39.5 Å². The van der Waals surface area contributed by atoms with Crippen molar-refractivity contribution in [3.63, 3.8) is 0 Å². The van der Waals surface area contributed by atoms with Crippen LogP contribution in [0.2, 0.25) is 0 Å². The van der Waals surface area contributed by atoms with Crippen molar-refractivity contribution in [1.82, 2.24) is 0 Å². The average molecular weight is 335 g/mol. The van der Waals surface area contributed by atoms with Crippen LogP contribution in [0.4, 0.5) is 0 Å². The maximum absolute atomic E-state index is 12.0. The lowest BCUT2D eigenvalue weighted by atomic mass is 9.96. The molecular formula is C15H11BrO4. The minimum atomic E-state index is -1.39. The number of carbonyl (C=O) groups is 3. The molecule has 1 aromatic rings. The zero-order valence-corrected chi connectivity index (χ0v) is 12.2. The molecule has 1 aromatic carbocycles. The van der Waals surface area contributed by atoms with Gasteiger partial charge in [-0.2, -0.15) is 0 Å². The first-order valence-corrected chi connectivity index (χ1v) is 6.68. The third kappa shape index (κ3) is 3.11. The molecule has 0 aliphatic carbocycles. The first kappa shape index (κ1) is 14.4. The van der Waals surface area contributed by atoms with Crippen LogP contribution in [0.3, 0.4) is 0 Å². The molecule has 1 unspecified atom stereocenters. The first-order chi connectivity index (χ1) is 9.49. The van der Waals surface area contributed by atoms with Gasteiger partial charge in [0.1, 0.15) is 5.76 Å². The Morgan fingerprint density at radius 1 is 1.30 bits per heavy atom. The largest absolute Gasteiger partial charge is 0.430 e. The molecule has 0 fully saturated rings. The summed E-state index contributed by atoms with van der Waals surface area (Å²) in [5.41, 5.74) is 0.782. The molecule has 0 saturated carbocycles. The number of hydrogen-bond acceptors (Lipinski definition) is 4. The second kappa shape index (κ2) is 5.96. The number of hydrogen-bond donors (Lipinski definition) is 0. The fourth-order valence-corrected chi connectivity index (χ4v) is 2.20. The van der Waals surface area contributed by atoms with Crippen LogP contribution in [0.15, 0.2) is 46.6 Å². The van der Waals surface area contributed by atoms with Crippen LogP contribution in [-0.4, -0.2) is 17.5 Å². The van der Waals surface area contributed by atoms with Gasteiger partial charge in [-0.3, -0.25) is 14.4 Å². The number of carbonyl (C=O) groups excluding carboxylic acids is 3. The fourth-order valence-electron chi connectivity index (χ4n) is 1.78. The van der Waals surface area contributed by atoms with E-state index in [4.69, 9.17) is 4.74 Å². The van der Waals surface area contributed by atoms with Crippen molar-refractivity contribution in [2.45, 2.75) is 6.92 Å². The summed E-state index contributed by atoms with van der Waals surface area (Å²) in [6.45, 7) is 1.49. The molecule has 1 heterocycles. The topological polar surface area (TPSA) is 60.4 Å². The van der Waals surface area contributed by atoms with Crippen LogP contribution in [-0.2, 0) is 19.1 Å². The third-order valence-corrected chi connectivity index (χ3v) is 3.47. The quantitative estimate of drug-likeness (QED) is 0.484. The standard InChI is InChI=1S/C15H11BrO4/c1-9-8-13(18)14(15(19)20-9)12(17)7-6-10-4-2-3-5-11(10)16/h2-8,14H,1H3/b7-6+. The molecule has 0 bridgehead atoms. The smallest absolute Gasteiger partial charge is 0.329 e. The number of benzene rings is 1. The molecule has 0 saturated heterocycles. The maximum atomic E-state index is 12.0. The van der Waals surface area contributed by atoms with E-state index in [-0.39, 0.29) is 5.76 Å². The SMILES string of the molecule is CC1=CC(=O)C(C(=O)/C=C/c2ccccc2Br)C(=O)O1. The van der Waals surface area contributed by atoms with Gasteiger partial charge in [0.2, 0.25) is 0 Å². The van der Waals surface area contributed by atoms with Crippen molar-refractivity contribution in [3.8, 4) is 0 Å². The molecule has 1 atom stereocenters. The molecular weight excluding hydrogens is 324 g/mol. The van der Waals surface area contributed by atoms with Crippen molar-refractivity contribution < 1.29 is 19.1 Å². The molecule has 102 valence electrons. The molecule has 0 aromatic heterocycles. The highest BCUT2D eigenvalue weighted by Crippen LogP contribution is 2.19. The summed E-state index contributed by atoms with van der Waals surface area (Å²) >= 11 is 3.34. The van der Waals surface area contributed by atoms with E-state index in [9.17, 15) is 14.4 Å². The Hall–Kier alpha value is -2.01. The number of esters is 1. The van der Waals surface area contributed by atoms with E-state index in [0.717, 1.165) is 16.1 Å². The minimum absolute atomic E-state index is 0.207. The van der Waals surface area contributed by atoms with Crippen LogP contribution in [0, 0.1) is 5.92 Å². The number of ketones is 2. The highest BCUT2D eigenvalue weighted by molar-refractivity contribution is 9.10. The molecule has 0 radical (unpaired) electrons. The lowest BCUT2D eigenvalue weighted by Crippen LogP contribution is -2.34. The Morgan fingerprint density at radius 3 is 2.65 bits per heavy atom. The lowest BCUT2D eigenvalue weighted by molar-refractivity contribution is -0.151. The van der Waals surface area contributed by atoms with Gasteiger partial charge in [0, 0.05) is 10.5 Å². The van der Waals surface area contributed by atoms with Crippen LogP contribution < -0.4 is 0 Å². The monoisotopic (exact) mass is 334 g/mol. The Labute approximate surface area is 124 Å². The van der Waals surface area contributed by atoms with Crippen molar-refractivity contribution in [2.24, 2.45) is 5.92 Å². The molecule has 4 nitrogen and oxygen atoms in total. The van der Waals surface area contributed by atoms with E-state index < -0.39 is 23.5 Å². The Bertz CT molecular complexity index is 643. The zero-order chi connectivity index (χ0) is 14.7. The number of ether oxygens (including phenoxy) is 1. The number of halogens is 1. The van der Waals surface area contributed by atoms with Gasteiger partial charge in [0.25, 0.3) is 0 Å². The minimum Gasteiger partial charge on any atom is -0.430 e. The summed E-state index contributed by atoms with van der Waals surface area (Å²) in [5, 5.41) is 0. The molecule has 5 heteroatoms. The van der Waals surface area contributed by atoms with Crippen molar-refractivity contribution in [1.29, 1.82) is 0 Å². The second-order valence-electron chi connectivity index (χ2n) is 4.27. The van der Waals surface area contributed by atoms with Gasteiger partial charge in [-0.25, -0.2) is 0 Å². The highest BCUT2D eigenvalue weighted by Gasteiger charge is 2.36. The molecule has 0 spiro atoms.